The molecule has 0 aromatic heterocycles. The average Bonchev–Trinajstić information content (AvgIpc) is 2.90. The van der Waals surface area contributed by atoms with Gasteiger partial charge in [-0.15, -0.1) is 0 Å². The van der Waals surface area contributed by atoms with Crippen LogP contribution in [0.25, 0.3) is 0 Å². The number of rotatable bonds is 5. The van der Waals surface area contributed by atoms with Crippen LogP contribution >= 0.6 is 0 Å². The van der Waals surface area contributed by atoms with Crippen LogP contribution in [-0.4, -0.2) is 42.3 Å². The van der Waals surface area contributed by atoms with Crippen molar-refractivity contribution in [3.63, 3.8) is 0 Å². The molecule has 4 nitrogen and oxygen atoms in total. The fraction of sp³-hybridized carbons (Fsp3) is 0.632. The summed E-state index contributed by atoms with van der Waals surface area (Å²) in [4.78, 5) is 14.0. The van der Waals surface area contributed by atoms with Crippen LogP contribution in [0, 0.1) is 12.8 Å². The van der Waals surface area contributed by atoms with Gasteiger partial charge in [-0.05, 0) is 25.3 Å². The molecule has 2 atom stereocenters. The lowest BCUT2D eigenvalue weighted by atomic mass is 9.84. The summed E-state index contributed by atoms with van der Waals surface area (Å²) in [6.07, 6.45) is 2.67. The molecule has 2 N–H and O–H groups in total. The highest BCUT2D eigenvalue weighted by Crippen LogP contribution is 2.26. The van der Waals surface area contributed by atoms with Crippen molar-refractivity contribution in [3.8, 4) is 0 Å². The second-order valence-corrected chi connectivity index (χ2v) is 7.55. The monoisotopic (exact) mass is 318 g/mol. The van der Waals surface area contributed by atoms with E-state index in [1.807, 2.05) is 0 Å². The summed E-state index contributed by atoms with van der Waals surface area (Å²) in [6, 6.07) is 8.35. The minimum Gasteiger partial charge on any atom is -0.393 e. The summed E-state index contributed by atoms with van der Waals surface area (Å²) in [7, 11) is 1.81. The van der Waals surface area contributed by atoms with Crippen LogP contribution in [0.5, 0.6) is 0 Å². The largest absolute Gasteiger partial charge is 0.393 e. The maximum absolute atomic E-state index is 12.3. The molecule has 0 saturated heterocycles. The Morgan fingerprint density at radius 2 is 2.13 bits per heavy atom. The number of hydrogen-bond acceptors (Lipinski definition) is 2. The lowest BCUT2D eigenvalue weighted by Crippen LogP contribution is -2.45. The predicted octanol–water partition coefficient (Wildman–Crippen LogP) is 3.08. The molecule has 1 saturated carbocycles. The molecule has 1 fully saturated rings. The SMILES string of the molecule is Cc1cccc(C(C)(C)CNC(=O)N(C)CC2CCCC2O)c1. The van der Waals surface area contributed by atoms with Crippen LogP contribution in [0.2, 0.25) is 0 Å². The van der Waals surface area contributed by atoms with Crippen LogP contribution in [-0.2, 0) is 5.41 Å². The number of carbonyl (C=O) groups is 1. The molecule has 4 heteroatoms. The van der Waals surface area contributed by atoms with Gasteiger partial charge in [-0.2, -0.15) is 0 Å². The molecule has 1 aromatic rings. The Morgan fingerprint density at radius 1 is 1.39 bits per heavy atom. The van der Waals surface area contributed by atoms with E-state index >= 15 is 0 Å². The van der Waals surface area contributed by atoms with Crippen molar-refractivity contribution in [2.75, 3.05) is 20.1 Å². The molecule has 0 aliphatic heterocycles. The van der Waals surface area contributed by atoms with Gasteiger partial charge in [0.2, 0.25) is 0 Å². The van der Waals surface area contributed by atoms with E-state index in [1.54, 1.807) is 11.9 Å². The molecule has 2 unspecified atom stereocenters. The van der Waals surface area contributed by atoms with E-state index in [1.165, 1.54) is 11.1 Å². The zero-order valence-corrected chi connectivity index (χ0v) is 14.8. The minimum absolute atomic E-state index is 0.0650. The van der Waals surface area contributed by atoms with Crippen molar-refractivity contribution in [1.82, 2.24) is 10.2 Å². The van der Waals surface area contributed by atoms with Gasteiger partial charge in [0.25, 0.3) is 0 Å². The first kappa shape index (κ1) is 17.8. The van der Waals surface area contributed by atoms with Crippen LogP contribution in [0.3, 0.4) is 0 Å². The van der Waals surface area contributed by atoms with E-state index in [0.29, 0.717) is 13.1 Å². The number of nitrogens with zero attached hydrogens (tertiary/aromatic N) is 1. The van der Waals surface area contributed by atoms with Crippen molar-refractivity contribution in [2.45, 2.75) is 51.6 Å². The van der Waals surface area contributed by atoms with E-state index in [0.717, 1.165) is 19.3 Å². The van der Waals surface area contributed by atoms with E-state index in [-0.39, 0.29) is 23.5 Å². The van der Waals surface area contributed by atoms with Gasteiger partial charge in [-0.1, -0.05) is 50.1 Å². The van der Waals surface area contributed by atoms with Crippen LogP contribution < -0.4 is 5.32 Å². The zero-order valence-electron chi connectivity index (χ0n) is 14.8. The number of aryl methyl sites for hydroxylation is 1. The Kier molecular flexibility index (Phi) is 5.69. The maximum Gasteiger partial charge on any atom is 0.317 e. The second kappa shape index (κ2) is 7.35. The number of urea groups is 1. The fourth-order valence-corrected chi connectivity index (χ4v) is 3.26. The Labute approximate surface area is 139 Å². The number of benzene rings is 1. The molecule has 1 aromatic carbocycles. The first-order valence-electron chi connectivity index (χ1n) is 8.54. The molecule has 0 heterocycles. The number of aliphatic hydroxyl groups excluding tert-OH is 1. The molecule has 128 valence electrons. The van der Waals surface area contributed by atoms with E-state index in [9.17, 15) is 9.90 Å². The van der Waals surface area contributed by atoms with Crippen LogP contribution in [0.1, 0.15) is 44.2 Å². The van der Waals surface area contributed by atoms with Gasteiger partial charge in [0.15, 0.2) is 0 Å². The van der Waals surface area contributed by atoms with Crippen LogP contribution in [0.4, 0.5) is 4.79 Å². The van der Waals surface area contributed by atoms with E-state index < -0.39 is 0 Å². The normalized spacial score (nSPS) is 21.3. The molecule has 2 rings (SSSR count). The molecule has 0 bridgehead atoms. The third kappa shape index (κ3) is 4.71. The minimum atomic E-state index is -0.256. The van der Waals surface area contributed by atoms with Gasteiger partial charge in [0.05, 0.1) is 6.10 Å². The van der Waals surface area contributed by atoms with Crippen molar-refractivity contribution < 1.29 is 9.90 Å². The van der Waals surface area contributed by atoms with E-state index in [2.05, 4.69) is 50.4 Å². The van der Waals surface area contributed by atoms with Gasteiger partial charge in [-0.25, -0.2) is 4.79 Å². The predicted molar refractivity (Wildman–Crippen MR) is 93.6 cm³/mol. The lowest BCUT2D eigenvalue weighted by Gasteiger charge is -2.29. The summed E-state index contributed by atoms with van der Waals surface area (Å²) < 4.78 is 0. The Bertz CT molecular complexity index is 542. The molecule has 0 spiro atoms. The Balaban J connectivity index is 1.87. The summed E-state index contributed by atoms with van der Waals surface area (Å²) in [5.41, 5.74) is 2.34. The van der Waals surface area contributed by atoms with Gasteiger partial charge in [-0.3, -0.25) is 0 Å². The van der Waals surface area contributed by atoms with E-state index in [4.69, 9.17) is 0 Å². The topological polar surface area (TPSA) is 52.6 Å². The number of amides is 2. The number of hydrogen-bond donors (Lipinski definition) is 2. The summed E-state index contributed by atoms with van der Waals surface area (Å²) in [5.74, 6) is 0.218. The standard InChI is InChI=1S/C19H30N2O2/c1-14-7-5-9-16(11-14)19(2,3)13-20-18(23)21(4)12-15-8-6-10-17(15)22/h5,7,9,11,15,17,22H,6,8,10,12-13H2,1-4H3,(H,20,23). The number of carbonyl (C=O) groups excluding carboxylic acids is 1. The summed E-state index contributed by atoms with van der Waals surface area (Å²) in [6.45, 7) is 7.58. The van der Waals surface area contributed by atoms with Crippen molar-refractivity contribution >= 4 is 6.03 Å². The zero-order chi connectivity index (χ0) is 17.0. The highest BCUT2D eigenvalue weighted by Gasteiger charge is 2.28. The molecule has 1 aliphatic rings. The number of nitrogens with one attached hydrogen (secondary N) is 1. The average molecular weight is 318 g/mol. The first-order valence-corrected chi connectivity index (χ1v) is 8.54. The van der Waals surface area contributed by atoms with Crippen LogP contribution in [0.15, 0.2) is 24.3 Å². The Hall–Kier alpha value is -1.55. The second-order valence-electron chi connectivity index (χ2n) is 7.55. The highest BCUT2D eigenvalue weighted by atomic mass is 16.3. The molecular formula is C19H30N2O2. The van der Waals surface area contributed by atoms with Gasteiger partial charge < -0.3 is 15.3 Å². The third-order valence-corrected chi connectivity index (χ3v) is 4.96. The Morgan fingerprint density at radius 3 is 2.74 bits per heavy atom. The summed E-state index contributed by atoms with van der Waals surface area (Å²) in [5, 5.41) is 12.9. The molecular weight excluding hydrogens is 288 g/mol. The highest BCUT2D eigenvalue weighted by molar-refractivity contribution is 5.74. The van der Waals surface area contributed by atoms with Gasteiger partial charge in [0, 0.05) is 31.5 Å². The van der Waals surface area contributed by atoms with Crippen molar-refractivity contribution in [2.24, 2.45) is 5.92 Å². The van der Waals surface area contributed by atoms with Crippen molar-refractivity contribution in [3.05, 3.63) is 35.4 Å². The summed E-state index contributed by atoms with van der Waals surface area (Å²) >= 11 is 0. The third-order valence-electron chi connectivity index (χ3n) is 4.96. The fourth-order valence-electron chi connectivity index (χ4n) is 3.26. The smallest absolute Gasteiger partial charge is 0.317 e. The lowest BCUT2D eigenvalue weighted by molar-refractivity contribution is 0.113. The van der Waals surface area contributed by atoms with Gasteiger partial charge >= 0.3 is 6.03 Å². The molecule has 23 heavy (non-hydrogen) atoms. The maximum atomic E-state index is 12.3. The molecule has 2 amide bonds. The van der Waals surface area contributed by atoms with Crippen molar-refractivity contribution in [1.29, 1.82) is 0 Å². The molecule has 1 aliphatic carbocycles. The number of aliphatic hydroxyl groups is 1. The first-order chi connectivity index (χ1) is 10.8. The quantitative estimate of drug-likeness (QED) is 0.876. The van der Waals surface area contributed by atoms with Gasteiger partial charge in [0.1, 0.15) is 0 Å². The molecule has 0 radical (unpaired) electrons.